The van der Waals surface area contributed by atoms with Gasteiger partial charge in [-0.05, 0) is 20.8 Å². The summed E-state index contributed by atoms with van der Waals surface area (Å²) in [4.78, 5) is 15.1. The normalized spacial score (nSPS) is 15.0. The van der Waals surface area contributed by atoms with Crippen LogP contribution in [0.4, 0.5) is 4.79 Å². The first-order valence-electron chi connectivity index (χ1n) is 9.83. The molecular formula is C24H29NO3Si. The van der Waals surface area contributed by atoms with Crippen molar-refractivity contribution in [3.05, 3.63) is 83.4 Å². The molecule has 2 aromatic carbocycles. The van der Waals surface area contributed by atoms with Crippen LogP contribution in [0.2, 0.25) is 19.6 Å². The molecule has 0 aromatic heterocycles. The molecule has 3 rings (SSSR count). The van der Waals surface area contributed by atoms with Crippen LogP contribution < -0.4 is 0 Å². The first-order chi connectivity index (χ1) is 13.6. The second kappa shape index (κ2) is 7.91. The van der Waals surface area contributed by atoms with E-state index in [2.05, 4.69) is 19.6 Å². The Morgan fingerprint density at radius 1 is 0.897 bits per heavy atom. The van der Waals surface area contributed by atoms with Crippen molar-refractivity contribution in [2.45, 2.75) is 46.0 Å². The molecule has 0 unspecified atom stereocenters. The molecule has 2 aromatic rings. The molecule has 0 bridgehead atoms. The molecule has 0 spiro atoms. The molecule has 152 valence electrons. The minimum atomic E-state index is -1.92. The summed E-state index contributed by atoms with van der Waals surface area (Å²) in [6, 6.07) is 19.7. The Kier molecular flexibility index (Phi) is 5.71. The molecular weight excluding hydrogens is 378 g/mol. The third kappa shape index (κ3) is 4.80. The number of hydrogen-bond acceptors (Lipinski definition) is 3. The molecule has 1 amide bonds. The Morgan fingerprint density at radius 3 is 1.90 bits per heavy atom. The third-order valence-electron chi connectivity index (χ3n) is 4.34. The molecule has 0 radical (unpaired) electrons. The topological polar surface area (TPSA) is 38.8 Å². The van der Waals surface area contributed by atoms with Gasteiger partial charge in [-0.2, -0.15) is 0 Å². The van der Waals surface area contributed by atoms with Gasteiger partial charge in [0.25, 0.3) is 0 Å². The zero-order chi connectivity index (χ0) is 21.2. The van der Waals surface area contributed by atoms with E-state index in [1.165, 1.54) is 0 Å². The van der Waals surface area contributed by atoms with Gasteiger partial charge in [0.2, 0.25) is 0 Å². The fraction of sp³-hybridized carbons (Fsp3) is 0.292. The fourth-order valence-corrected chi connectivity index (χ4v) is 4.52. The molecule has 0 N–H and O–H groups in total. The summed E-state index contributed by atoms with van der Waals surface area (Å²) >= 11 is 0. The first-order valence-corrected chi connectivity index (χ1v) is 13.3. The van der Waals surface area contributed by atoms with Crippen LogP contribution >= 0.6 is 0 Å². The molecule has 0 saturated heterocycles. The Morgan fingerprint density at radius 2 is 1.41 bits per heavy atom. The van der Waals surface area contributed by atoms with Crippen LogP contribution in [0, 0.1) is 0 Å². The van der Waals surface area contributed by atoms with Gasteiger partial charge in [-0.15, -0.1) is 0 Å². The molecule has 1 aliphatic rings. The van der Waals surface area contributed by atoms with Gasteiger partial charge in [-0.25, -0.2) is 9.69 Å². The molecule has 4 nitrogen and oxygen atoms in total. The van der Waals surface area contributed by atoms with Crippen molar-refractivity contribution in [3.8, 4) is 0 Å². The summed E-state index contributed by atoms with van der Waals surface area (Å²) in [5.41, 5.74) is 2.64. The van der Waals surface area contributed by atoms with Gasteiger partial charge in [0.05, 0.1) is 11.4 Å². The SMILES string of the molecule is CC(C)(C)OC(=O)N1C(c2ccccc2)=COC([Si](C)(C)C)=C1c1ccccc1. The monoisotopic (exact) mass is 407 g/mol. The van der Waals surface area contributed by atoms with Crippen molar-refractivity contribution in [3.63, 3.8) is 0 Å². The number of hydrogen-bond donors (Lipinski definition) is 0. The van der Waals surface area contributed by atoms with Crippen molar-refractivity contribution >= 4 is 25.6 Å². The summed E-state index contributed by atoms with van der Waals surface area (Å²) in [5, 5.41) is 0.856. The highest BCUT2D eigenvalue weighted by Crippen LogP contribution is 2.40. The lowest BCUT2D eigenvalue weighted by Crippen LogP contribution is -2.40. The summed E-state index contributed by atoms with van der Waals surface area (Å²) in [7, 11) is -1.92. The lowest BCUT2D eigenvalue weighted by atomic mass is 10.1. The van der Waals surface area contributed by atoms with Gasteiger partial charge in [0.15, 0.2) is 0 Å². The van der Waals surface area contributed by atoms with E-state index in [1.807, 2.05) is 81.4 Å². The number of benzene rings is 2. The van der Waals surface area contributed by atoms with E-state index < -0.39 is 19.8 Å². The van der Waals surface area contributed by atoms with E-state index >= 15 is 0 Å². The Hall–Kier alpha value is -2.79. The van der Waals surface area contributed by atoms with Crippen molar-refractivity contribution in [1.82, 2.24) is 4.90 Å². The van der Waals surface area contributed by atoms with Crippen LogP contribution in [-0.2, 0) is 9.47 Å². The summed E-state index contributed by atoms with van der Waals surface area (Å²) in [6.45, 7) is 12.3. The number of rotatable bonds is 3. The second-order valence-corrected chi connectivity index (χ2v) is 14.1. The van der Waals surface area contributed by atoms with E-state index in [1.54, 1.807) is 11.2 Å². The number of amides is 1. The van der Waals surface area contributed by atoms with Crippen molar-refractivity contribution in [1.29, 1.82) is 0 Å². The predicted octanol–water partition coefficient (Wildman–Crippen LogP) is 6.50. The van der Waals surface area contributed by atoms with Crippen LogP contribution in [0.5, 0.6) is 0 Å². The minimum Gasteiger partial charge on any atom is -0.470 e. The Bertz CT molecular complexity index is 936. The molecule has 29 heavy (non-hydrogen) atoms. The van der Waals surface area contributed by atoms with Gasteiger partial charge in [0, 0.05) is 11.1 Å². The van der Waals surface area contributed by atoms with Crippen LogP contribution in [0.3, 0.4) is 0 Å². The van der Waals surface area contributed by atoms with E-state index in [0.717, 1.165) is 22.2 Å². The lowest BCUT2D eigenvalue weighted by Gasteiger charge is -2.37. The molecule has 1 aliphatic heterocycles. The molecule has 0 fully saturated rings. The number of ether oxygens (including phenoxy) is 2. The third-order valence-corrected chi connectivity index (χ3v) is 6.06. The highest BCUT2D eigenvalue weighted by atomic mass is 28.3. The van der Waals surface area contributed by atoms with E-state index in [4.69, 9.17) is 9.47 Å². The second-order valence-electron chi connectivity index (χ2n) is 9.10. The van der Waals surface area contributed by atoms with Gasteiger partial charge < -0.3 is 9.47 Å². The van der Waals surface area contributed by atoms with Crippen molar-refractivity contribution in [2.24, 2.45) is 0 Å². The summed E-state index contributed by atoms with van der Waals surface area (Å²) in [5.74, 6) is 0. The highest BCUT2D eigenvalue weighted by Gasteiger charge is 2.38. The maximum atomic E-state index is 13.4. The van der Waals surface area contributed by atoms with E-state index in [9.17, 15) is 4.79 Å². The van der Waals surface area contributed by atoms with Crippen LogP contribution in [0.1, 0.15) is 31.9 Å². The number of carbonyl (C=O) groups is 1. The van der Waals surface area contributed by atoms with Crippen LogP contribution in [0.25, 0.3) is 11.4 Å². The average Bonchev–Trinajstić information content (AvgIpc) is 2.66. The summed E-state index contributed by atoms with van der Waals surface area (Å²) < 4.78 is 12.0. The van der Waals surface area contributed by atoms with Gasteiger partial charge in [-0.3, -0.25) is 0 Å². The molecule has 5 heteroatoms. The Balaban J connectivity index is 2.23. The summed E-state index contributed by atoms with van der Waals surface area (Å²) in [6.07, 6.45) is 1.27. The largest absolute Gasteiger partial charge is 0.470 e. The number of carbonyl (C=O) groups excluding carboxylic acids is 1. The van der Waals surface area contributed by atoms with Crippen LogP contribution in [0.15, 0.2) is 72.3 Å². The van der Waals surface area contributed by atoms with Gasteiger partial charge in [-0.1, -0.05) is 80.3 Å². The predicted molar refractivity (Wildman–Crippen MR) is 120 cm³/mol. The van der Waals surface area contributed by atoms with Gasteiger partial charge in [0.1, 0.15) is 25.3 Å². The Labute approximate surface area is 174 Å². The lowest BCUT2D eigenvalue weighted by molar-refractivity contribution is 0.0417. The maximum absolute atomic E-state index is 13.4. The zero-order valence-corrected chi connectivity index (χ0v) is 19.0. The quantitative estimate of drug-likeness (QED) is 0.545. The molecule has 0 aliphatic carbocycles. The molecule has 0 saturated carbocycles. The van der Waals surface area contributed by atoms with E-state index in [-0.39, 0.29) is 0 Å². The van der Waals surface area contributed by atoms with E-state index in [0.29, 0.717) is 5.70 Å². The first kappa shape index (κ1) is 20.9. The standard InChI is InChI=1S/C24H29NO3Si/c1-24(2,3)28-23(26)25-20(18-13-9-7-10-14-18)17-27-22(29(4,5)6)21(25)19-15-11-8-12-16-19/h7-17H,1-6H3. The van der Waals surface area contributed by atoms with Crippen molar-refractivity contribution < 1.29 is 14.3 Å². The minimum absolute atomic E-state index is 0.412. The van der Waals surface area contributed by atoms with Crippen molar-refractivity contribution in [2.75, 3.05) is 0 Å². The number of nitrogens with zero attached hydrogens (tertiary/aromatic N) is 1. The van der Waals surface area contributed by atoms with Crippen LogP contribution in [-0.4, -0.2) is 24.7 Å². The average molecular weight is 408 g/mol. The smallest absolute Gasteiger partial charge is 0.419 e. The molecule has 0 atom stereocenters. The maximum Gasteiger partial charge on any atom is 0.419 e. The van der Waals surface area contributed by atoms with Gasteiger partial charge >= 0.3 is 6.09 Å². The highest BCUT2D eigenvalue weighted by molar-refractivity contribution is 6.83. The fourth-order valence-electron chi connectivity index (χ4n) is 3.14. The molecule has 1 heterocycles. The zero-order valence-electron chi connectivity index (χ0n) is 18.0.